The zero-order valence-electron chi connectivity index (χ0n) is 17.9. The molecule has 0 amide bonds. The summed E-state index contributed by atoms with van der Waals surface area (Å²) in [6, 6.07) is 24.6. The predicted octanol–water partition coefficient (Wildman–Crippen LogP) is 5.97. The van der Waals surface area contributed by atoms with E-state index in [2.05, 4.69) is 36.4 Å². The van der Waals surface area contributed by atoms with Gasteiger partial charge in [-0.15, -0.1) is 0 Å². The second kappa shape index (κ2) is 8.76. The highest BCUT2D eigenvalue weighted by Crippen LogP contribution is 2.40. The minimum Gasteiger partial charge on any atom is -0.508 e. The number of fused-ring (bicyclic) bond motifs is 1. The summed E-state index contributed by atoms with van der Waals surface area (Å²) in [6.07, 6.45) is 3.33. The first-order valence-electron chi connectivity index (χ1n) is 10.6. The SMILES string of the molecule is CC(Oc1ccc(C(=C2CCCc3ccccc32)c2ccc(O)cc2)cc1)N(C)C. The van der Waals surface area contributed by atoms with E-state index < -0.39 is 0 Å². The largest absolute Gasteiger partial charge is 0.508 e. The first-order chi connectivity index (χ1) is 14.5. The molecule has 0 spiro atoms. The average molecular weight is 400 g/mol. The van der Waals surface area contributed by atoms with E-state index in [0.29, 0.717) is 0 Å². The van der Waals surface area contributed by atoms with Crippen molar-refractivity contribution in [3.63, 3.8) is 0 Å². The maximum atomic E-state index is 9.81. The second-order valence-corrected chi connectivity index (χ2v) is 8.12. The minimum absolute atomic E-state index is 0.0102. The minimum atomic E-state index is 0.0102. The van der Waals surface area contributed by atoms with Crippen molar-refractivity contribution in [1.82, 2.24) is 4.90 Å². The Morgan fingerprint density at radius 3 is 2.17 bits per heavy atom. The molecule has 1 unspecified atom stereocenters. The molecule has 4 rings (SSSR count). The maximum absolute atomic E-state index is 9.81. The fourth-order valence-corrected chi connectivity index (χ4v) is 4.03. The standard InChI is InChI=1S/C27H29NO2/c1-19(28(2)3)30-24-17-13-22(14-18-24)27(21-11-15-23(29)16-12-21)26-10-6-8-20-7-4-5-9-25(20)26/h4-5,7,9,11-19,29H,6,8,10H2,1-3H3. The highest BCUT2D eigenvalue weighted by Gasteiger charge is 2.20. The summed E-state index contributed by atoms with van der Waals surface area (Å²) in [5, 5.41) is 9.81. The Kier molecular flexibility index (Phi) is 5.91. The van der Waals surface area contributed by atoms with Crippen LogP contribution in [0.25, 0.3) is 11.1 Å². The molecule has 0 aliphatic heterocycles. The zero-order chi connectivity index (χ0) is 21.1. The lowest BCUT2D eigenvalue weighted by Crippen LogP contribution is -2.30. The van der Waals surface area contributed by atoms with E-state index in [-0.39, 0.29) is 12.0 Å². The number of rotatable bonds is 5. The fraction of sp³-hybridized carbons (Fsp3) is 0.259. The topological polar surface area (TPSA) is 32.7 Å². The van der Waals surface area contributed by atoms with Gasteiger partial charge in [0.05, 0.1) is 0 Å². The third-order valence-electron chi connectivity index (χ3n) is 5.85. The number of ether oxygens (including phenoxy) is 1. The number of phenolic OH excluding ortho intramolecular Hbond substituents is 1. The Labute approximate surface area is 179 Å². The van der Waals surface area contributed by atoms with Crippen LogP contribution in [0.15, 0.2) is 72.8 Å². The van der Waals surface area contributed by atoms with Crippen LogP contribution < -0.4 is 4.74 Å². The molecule has 3 nitrogen and oxygen atoms in total. The molecule has 0 radical (unpaired) electrons. The second-order valence-electron chi connectivity index (χ2n) is 8.12. The van der Waals surface area contributed by atoms with Gasteiger partial charge in [-0.25, -0.2) is 0 Å². The van der Waals surface area contributed by atoms with Gasteiger partial charge in [0.15, 0.2) is 0 Å². The molecule has 0 aromatic heterocycles. The molecule has 30 heavy (non-hydrogen) atoms. The van der Waals surface area contributed by atoms with Crippen LogP contribution in [0.2, 0.25) is 0 Å². The number of aromatic hydroxyl groups is 1. The highest BCUT2D eigenvalue weighted by atomic mass is 16.5. The first-order valence-corrected chi connectivity index (χ1v) is 10.6. The fourth-order valence-electron chi connectivity index (χ4n) is 4.03. The third-order valence-corrected chi connectivity index (χ3v) is 5.85. The van der Waals surface area contributed by atoms with Crippen molar-refractivity contribution in [2.24, 2.45) is 0 Å². The van der Waals surface area contributed by atoms with Gasteiger partial charge in [0.1, 0.15) is 17.7 Å². The molecule has 0 saturated heterocycles. The van der Waals surface area contributed by atoms with E-state index in [0.717, 1.165) is 36.1 Å². The third kappa shape index (κ3) is 4.27. The predicted molar refractivity (Wildman–Crippen MR) is 124 cm³/mol. The monoisotopic (exact) mass is 399 g/mol. The Hall–Kier alpha value is -3.04. The molecule has 1 aliphatic rings. The van der Waals surface area contributed by atoms with Gasteiger partial charge in [-0.3, -0.25) is 4.90 Å². The number of phenols is 1. The molecule has 1 N–H and O–H groups in total. The first kappa shape index (κ1) is 20.2. The van der Waals surface area contributed by atoms with Crippen LogP contribution in [-0.2, 0) is 6.42 Å². The van der Waals surface area contributed by atoms with Crippen LogP contribution in [0.4, 0.5) is 0 Å². The van der Waals surface area contributed by atoms with E-state index in [1.807, 2.05) is 50.2 Å². The molecule has 3 aromatic rings. The number of hydrogen-bond acceptors (Lipinski definition) is 3. The molecule has 0 bridgehead atoms. The van der Waals surface area contributed by atoms with Crippen molar-refractivity contribution < 1.29 is 9.84 Å². The molecule has 1 atom stereocenters. The van der Waals surface area contributed by atoms with E-state index >= 15 is 0 Å². The molecule has 3 heteroatoms. The molecule has 1 aliphatic carbocycles. The van der Waals surface area contributed by atoms with Crippen LogP contribution in [-0.4, -0.2) is 30.3 Å². The van der Waals surface area contributed by atoms with Crippen LogP contribution in [0.5, 0.6) is 11.5 Å². The van der Waals surface area contributed by atoms with Crippen molar-refractivity contribution in [3.05, 3.63) is 95.1 Å². The van der Waals surface area contributed by atoms with E-state index in [1.54, 1.807) is 12.1 Å². The number of nitrogens with zero attached hydrogens (tertiary/aromatic N) is 1. The van der Waals surface area contributed by atoms with Gasteiger partial charge in [-0.1, -0.05) is 48.5 Å². The van der Waals surface area contributed by atoms with E-state index in [4.69, 9.17) is 4.74 Å². The van der Waals surface area contributed by atoms with Crippen molar-refractivity contribution in [2.45, 2.75) is 32.4 Å². The number of benzene rings is 3. The lowest BCUT2D eigenvalue weighted by atomic mass is 9.81. The van der Waals surface area contributed by atoms with Crippen LogP contribution in [0.1, 0.15) is 42.0 Å². The van der Waals surface area contributed by atoms with Gasteiger partial charge in [-0.05, 0) is 97.9 Å². The average Bonchev–Trinajstić information content (AvgIpc) is 2.76. The van der Waals surface area contributed by atoms with Crippen molar-refractivity contribution in [3.8, 4) is 11.5 Å². The Morgan fingerprint density at radius 2 is 1.50 bits per heavy atom. The van der Waals surface area contributed by atoms with Gasteiger partial charge in [0, 0.05) is 0 Å². The Bertz CT molecular complexity index is 1030. The summed E-state index contributed by atoms with van der Waals surface area (Å²) in [5.74, 6) is 1.15. The zero-order valence-corrected chi connectivity index (χ0v) is 17.9. The van der Waals surface area contributed by atoms with Gasteiger partial charge in [0.25, 0.3) is 0 Å². The number of aryl methyl sites for hydroxylation is 1. The molecule has 0 heterocycles. The smallest absolute Gasteiger partial charge is 0.149 e. The van der Waals surface area contributed by atoms with Crippen LogP contribution in [0, 0.1) is 0 Å². The van der Waals surface area contributed by atoms with Crippen LogP contribution >= 0.6 is 0 Å². The lowest BCUT2D eigenvalue weighted by Gasteiger charge is -2.24. The van der Waals surface area contributed by atoms with Gasteiger partial charge in [0.2, 0.25) is 0 Å². The highest BCUT2D eigenvalue weighted by molar-refractivity contribution is 5.99. The summed E-state index contributed by atoms with van der Waals surface area (Å²) in [5.41, 5.74) is 7.64. The lowest BCUT2D eigenvalue weighted by molar-refractivity contribution is 0.0815. The van der Waals surface area contributed by atoms with Gasteiger partial charge < -0.3 is 9.84 Å². The summed E-state index contributed by atoms with van der Waals surface area (Å²) in [7, 11) is 4.01. The number of hydrogen-bond donors (Lipinski definition) is 1. The summed E-state index contributed by atoms with van der Waals surface area (Å²) in [4.78, 5) is 2.04. The molecule has 154 valence electrons. The Morgan fingerprint density at radius 1 is 0.867 bits per heavy atom. The molecule has 0 saturated carbocycles. The molecule has 3 aromatic carbocycles. The Balaban J connectivity index is 1.81. The quantitative estimate of drug-likeness (QED) is 0.536. The van der Waals surface area contributed by atoms with E-state index in [1.165, 1.54) is 22.3 Å². The maximum Gasteiger partial charge on any atom is 0.149 e. The van der Waals surface area contributed by atoms with Crippen LogP contribution in [0.3, 0.4) is 0 Å². The van der Waals surface area contributed by atoms with Crippen molar-refractivity contribution >= 4 is 11.1 Å². The van der Waals surface area contributed by atoms with Crippen molar-refractivity contribution in [1.29, 1.82) is 0 Å². The summed E-state index contributed by atoms with van der Waals surface area (Å²) < 4.78 is 6.01. The van der Waals surface area contributed by atoms with E-state index in [9.17, 15) is 5.11 Å². The summed E-state index contributed by atoms with van der Waals surface area (Å²) >= 11 is 0. The normalized spacial score (nSPS) is 16.1. The summed E-state index contributed by atoms with van der Waals surface area (Å²) in [6.45, 7) is 2.04. The van der Waals surface area contributed by atoms with Crippen molar-refractivity contribution in [2.75, 3.05) is 14.1 Å². The van der Waals surface area contributed by atoms with Gasteiger partial charge in [-0.2, -0.15) is 0 Å². The molecular weight excluding hydrogens is 370 g/mol. The molecular formula is C27H29NO2. The molecule has 0 fully saturated rings. The van der Waals surface area contributed by atoms with Gasteiger partial charge >= 0.3 is 0 Å². The number of allylic oxidation sites excluding steroid dienone is 1.